The lowest BCUT2D eigenvalue weighted by Gasteiger charge is -2.14. The van der Waals surface area contributed by atoms with E-state index in [1.165, 1.54) is 0 Å². The Kier molecular flexibility index (Phi) is 6.46. The highest BCUT2D eigenvalue weighted by Gasteiger charge is 2.21. The van der Waals surface area contributed by atoms with Crippen molar-refractivity contribution < 1.29 is 19.5 Å². The fourth-order valence-electron chi connectivity index (χ4n) is 2.43. The lowest BCUT2D eigenvalue weighted by Crippen LogP contribution is -2.41. The van der Waals surface area contributed by atoms with Gasteiger partial charge in [-0.15, -0.1) is 0 Å². The SMILES string of the molecule is CCC(=O)CC[C@@H](NC(=O)c1ccc(-c2ccccc2)cc1)C(=O)O. The van der Waals surface area contributed by atoms with Gasteiger partial charge in [0.15, 0.2) is 0 Å². The number of hydrogen-bond acceptors (Lipinski definition) is 3. The van der Waals surface area contributed by atoms with E-state index in [9.17, 15) is 19.5 Å². The summed E-state index contributed by atoms with van der Waals surface area (Å²) in [5.74, 6) is -1.62. The van der Waals surface area contributed by atoms with Crippen LogP contribution in [0.25, 0.3) is 11.1 Å². The third kappa shape index (κ3) is 5.28. The molecule has 2 aromatic carbocycles. The molecule has 0 aliphatic carbocycles. The molecular formula is C20H21NO4. The first-order valence-corrected chi connectivity index (χ1v) is 8.22. The minimum atomic E-state index is -1.14. The van der Waals surface area contributed by atoms with Gasteiger partial charge in [0.1, 0.15) is 11.8 Å². The number of hydrogen-bond donors (Lipinski definition) is 2. The second-order valence-corrected chi connectivity index (χ2v) is 5.74. The van der Waals surface area contributed by atoms with Crippen LogP contribution in [0.2, 0.25) is 0 Å². The van der Waals surface area contributed by atoms with Crippen LogP contribution < -0.4 is 5.32 Å². The van der Waals surface area contributed by atoms with Crippen LogP contribution in [0, 0.1) is 0 Å². The monoisotopic (exact) mass is 339 g/mol. The normalized spacial score (nSPS) is 11.6. The number of carboxylic acid groups (broad SMARTS) is 1. The van der Waals surface area contributed by atoms with Gasteiger partial charge in [0.05, 0.1) is 0 Å². The molecule has 5 nitrogen and oxygen atoms in total. The van der Waals surface area contributed by atoms with Crippen molar-refractivity contribution in [3.05, 3.63) is 60.2 Å². The van der Waals surface area contributed by atoms with Crippen molar-refractivity contribution in [2.24, 2.45) is 0 Å². The first kappa shape index (κ1) is 18.4. The highest BCUT2D eigenvalue weighted by Crippen LogP contribution is 2.19. The van der Waals surface area contributed by atoms with Crippen molar-refractivity contribution in [1.29, 1.82) is 0 Å². The number of carboxylic acids is 1. The molecule has 5 heteroatoms. The van der Waals surface area contributed by atoms with Crippen molar-refractivity contribution in [1.82, 2.24) is 5.32 Å². The Balaban J connectivity index is 2.03. The van der Waals surface area contributed by atoms with Gasteiger partial charge >= 0.3 is 5.97 Å². The molecule has 0 fully saturated rings. The van der Waals surface area contributed by atoms with E-state index < -0.39 is 17.9 Å². The Morgan fingerprint density at radius 1 is 0.960 bits per heavy atom. The fraction of sp³-hybridized carbons (Fsp3) is 0.250. The van der Waals surface area contributed by atoms with Gasteiger partial charge in [0.2, 0.25) is 0 Å². The smallest absolute Gasteiger partial charge is 0.326 e. The maximum Gasteiger partial charge on any atom is 0.326 e. The van der Waals surface area contributed by atoms with Crippen LogP contribution in [0.5, 0.6) is 0 Å². The summed E-state index contributed by atoms with van der Waals surface area (Å²) in [4.78, 5) is 34.9. The molecule has 130 valence electrons. The van der Waals surface area contributed by atoms with Crippen LogP contribution in [0.1, 0.15) is 36.5 Å². The average molecular weight is 339 g/mol. The summed E-state index contributed by atoms with van der Waals surface area (Å²) in [6.45, 7) is 1.73. The molecule has 0 spiro atoms. The van der Waals surface area contributed by atoms with Gasteiger partial charge in [-0.3, -0.25) is 9.59 Å². The number of nitrogens with one attached hydrogen (secondary N) is 1. The van der Waals surface area contributed by atoms with E-state index in [0.29, 0.717) is 12.0 Å². The maximum absolute atomic E-state index is 12.3. The van der Waals surface area contributed by atoms with Crippen LogP contribution in [0.4, 0.5) is 0 Å². The molecule has 0 unspecified atom stereocenters. The predicted octanol–water partition coefficient (Wildman–Crippen LogP) is 3.30. The van der Waals surface area contributed by atoms with Gasteiger partial charge in [-0.2, -0.15) is 0 Å². The zero-order valence-corrected chi connectivity index (χ0v) is 14.1. The lowest BCUT2D eigenvalue weighted by atomic mass is 10.0. The number of amides is 1. The molecule has 25 heavy (non-hydrogen) atoms. The zero-order valence-electron chi connectivity index (χ0n) is 14.1. The van der Waals surface area contributed by atoms with E-state index in [1.807, 2.05) is 42.5 Å². The number of carbonyl (C=O) groups is 3. The van der Waals surface area contributed by atoms with E-state index in [4.69, 9.17) is 0 Å². The van der Waals surface area contributed by atoms with Gasteiger partial charge in [-0.05, 0) is 29.7 Å². The molecule has 0 aliphatic heterocycles. The van der Waals surface area contributed by atoms with Gasteiger partial charge < -0.3 is 10.4 Å². The number of benzene rings is 2. The molecule has 2 N–H and O–H groups in total. The predicted molar refractivity (Wildman–Crippen MR) is 95.3 cm³/mol. The maximum atomic E-state index is 12.3. The van der Waals surface area contributed by atoms with E-state index in [0.717, 1.165) is 11.1 Å². The molecule has 1 atom stereocenters. The minimum absolute atomic E-state index is 0.0206. The summed E-state index contributed by atoms with van der Waals surface area (Å²) in [7, 11) is 0. The second kappa shape index (κ2) is 8.78. The van der Waals surface area contributed by atoms with Crippen molar-refractivity contribution in [3.63, 3.8) is 0 Å². The molecule has 0 heterocycles. The molecule has 0 saturated heterocycles. The first-order valence-electron chi connectivity index (χ1n) is 8.22. The van der Waals surface area contributed by atoms with Gasteiger partial charge in [-0.1, -0.05) is 49.4 Å². The van der Waals surface area contributed by atoms with Crippen molar-refractivity contribution in [2.75, 3.05) is 0 Å². The van der Waals surface area contributed by atoms with Crippen LogP contribution in [0.3, 0.4) is 0 Å². The van der Waals surface area contributed by atoms with Crippen LogP contribution in [-0.2, 0) is 9.59 Å². The molecule has 0 aromatic heterocycles. The molecular weight excluding hydrogens is 318 g/mol. The molecule has 0 aliphatic rings. The Labute approximate surface area is 146 Å². The Morgan fingerprint density at radius 2 is 1.56 bits per heavy atom. The zero-order chi connectivity index (χ0) is 18.2. The number of aliphatic carboxylic acids is 1. The average Bonchev–Trinajstić information content (AvgIpc) is 2.65. The van der Waals surface area contributed by atoms with Crippen molar-refractivity contribution in [2.45, 2.75) is 32.2 Å². The van der Waals surface area contributed by atoms with Gasteiger partial charge in [-0.25, -0.2) is 4.79 Å². The fourth-order valence-corrected chi connectivity index (χ4v) is 2.43. The number of ketones is 1. The summed E-state index contributed by atoms with van der Waals surface area (Å²) in [5, 5.41) is 11.7. The topological polar surface area (TPSA) is 83.5 Å². The molecule has 1 amide bonds. The largest absolute Gasteiger partial charge is 0.480 e. The Hall–Kier alpha value is -2.95. The van der Waals surface area contributed by atoms with E-state index in [-0.39, 0.29) is 18.6 Å². The van der Waals surface area contributed by atoms with Crippen LogP contribution in [0.15, 0.2) is 54.6 Å². The van der Waals surface area contributed by atoms with Gasteiger partial charge in [0.25, 0.3) is 5.91 Å². The Morgan fingerprint density at radius 3 is 2.12 bits per heavy atom. The minimum Gasteiger partial charge on any atom is -0.480 e. The number of Topliss-reactive ketones (excluding diaryl/α,β-unsaturated/α-hetero) is 1. The summed E-state index contributed by atoms with van der Waals surface area (Å²) < 4.78 is 0. The van der Waals surface area contributed by atoms with Crippen LogP contribution >= 0.6 is 0 Å². The second-order valence-electron chi connectivity index (χ2n) is 5.74. The number of rotatable bonds is 8. The molecule has 0 bridgehead atoms. The third-order valence-corrected chi connectivity index (χ3v) is 3.96. The van der Waals surface area contributed by atoms with E-state index in [2.05, 4.69) is 5.32 Å². The molecule has 0 saturated carbocycles. The number of carbonyl (C=O) groups excluding carboxylic acids is 2. The van der Waals surface area contributed by atoms with E-state index >= 15 is 0 Å². The summed E-state index contributed by atoms with van der Waals surface area (Å²) in [6, 6.07) is 15.6. The summed E-state index contributed by atoms with van der Waals surface area (Å²) in [5.41, 5.74) is 2.39. The molecule has 0 radical (unpaired) electrons. The van der Waals surface area contributed by atoms with E-state index in [1.54, 1.807) is 19.1 Å². The van der Waals surface area contributed by atoms with Crippen molar-refractivity contribution in [3.8, 4) is 11.1 Å². The van der Waals surface area contributed by atoms with Crippen molar-refractivity contribution >= 4 is 17.7 Å². The summed E-state index contributed by atoms with van der Waals surface area (Å²) in [6.07, 6.45) is 0.595. The quantitative estimate of drug-likeness (QED) is 0.773. The molecule has 2 aromatic rings. The third-order valence-electron chi connectivity index (χ3n) is 3.96. The highest BCUT2D eigenvalue weighted by atomic mass is 16.4. The van der Waals surface area contributed by atoms with Crippen LogP contribution in [-0.4, -0.2) is 28.8 Å². The Bertz CT molecular complexity index is 738. The summed E-state index contributed by atoms with van der Waals surface area (Å²) >= 11 is 0. The lowest BCUT2D eigenvalue weighted by molar-refractivity contribution is -0.139. The first-order chi connectivity index (χ1) is 12.0. The van der Waals surface area contributed by atoms with Gasteiger partial charge in [0, 0.05) is 18.4 Å². The standard InChI is InChI=1S/C20H21NO4/c1-2-17(22)12-13-18(20(24)25)21-19(23)16-10-8-15(9-11-16)14-6-4-3-5-7-14/h3-11,18H,2,12-13H2,1H3,(H,21,23)(H,24,25)/t18-/m1/s1. The molecule has 2 rings (SSSR count). The highest BCUT2D eigenvalue weighted by molar-refractivity contribution is 5.97.